The Hall–Kier alpha value is -2.63. The summed E-state index contributed by atoms with van der Waals surface area (Å²) in [5.41, 5.74) is 0.898. The number of aliphatic imine (C=N–C) groups is 1. The van der Waals surface area contributed by atoms with Crippen molar-refractivity contribution in [1.82, 2.24) is 9.97 Å². The Bertz CT molecular complexity index is 944. The molecule has 0 aliphatic carbocycles. The second kappa shape index (κ2) is 4.44. The van der Waals surface area contributed by atoms with Gasteiger partial charge in [-0.1, -0.05) is 12.1 Å². The molecule has 23 heavy (non-hydrogen) atoms. The Morgan fingerprint density at radius 2 is 1.78 bits per heavy atom. The highest BCUT2D eigenvalue weighted by atomic mass is 19.3. The maximum Gasteiger partial charge on any atom is 0.329 e. The maximum absolute atomic E-state index is 14.5. The molecule has 0 amide bonds. The molecule has 4 nitrogen and oxygen atoms in total. The van der Waals surface area contributed by atoms with E-state index in [4.69, 9.17) is 4.42 Å². The summed E-state index contributed by atoms with van der Waals surface area (Å²) >= 11 is 0. The maximum atomic E-state index is 14.5. The lowest BCUT2D eigenvalue weighted by atomic mass is 9.87. The SMILES string of the molecule is CC1(C)N=C(c2cnc3ccccc3n2)c2ccoc2C1(F)F. The number of alkyl halides is 2. The van der Waals surface area contributed by atoms with E-state index in [1.165, 1.54) is 26.2 Å². The molecule has 0 fully saturated rings. The molecule has 0 spiro atoms. The van der Waals surface area contributed by atoms with E-state index in [0.717, 1.165) is 5.52 Å². The summed E-state index contributed by atoms with van der Waals surface area (Å²) in [7, 11) is 0. The van der Waals surface area contributed by atoms with Crippen LogP contribution in [0.4, 0.5) is 8.78 Å². The Morgan fingerprint density at radius 3 is 2.57 bits per heavy atom. The molecule has 0 atom stereocenters. The second-order valence-corrected chi connectivity index (χ2v) is 6.00. The summed E-state index contributed by atoms with van der Waals surface area (Å²) in [5, 5.41) is 0. The molecule has 1 aliphatic heterocycles. The first-order valence-electron chi connectivity index (χ1n) is 7.18. The molecule has 1 aromatic carbocycles. The monoisotopic (exact) mass is 313 g/mol. The lowest BCUT2D eigenvalue weighted by Crippen LogP contribution is -2.43. The molecule has 0 radical (unpaired) electrons. The van der Waals surface area contributed by atoms with Crippen molar-refractivity contribution in [3.63, 3.8) is 0 Å². The number of halogens is 2. The van der Waals surface area contributed by atoms with Gasteiger partial charge in [-0.05, 0) is 32.0 Å². The van der Waals surface area contributed by atoms with E-state index in [9.17, 15) is 8.78 Å². The largest absolute Gasteiger partial charge is 0.462 e. The van der Waals surface area contributed by atoms with Crippen LogP contribution in [0.1, 0.15) is 30.9 Å². The van der Waals surface area contributed by atoms with Crippen molar-refractivity contribution in [1.29, 1.82) is 0 Å². The van der Waals surface area contributed by atoms with Crippen molar-refractivity contribution in [2.45, 2.75) is 25.3 Å². The second-order valence-electron chi connectivity index (χ2n) is 6.00. The van der Waals surface area contributed by atoms with Crippen LogP contribution in [0.5, 0.6) is 0 Å². The third kappa shape index (κ3) is 1.91. The van der Waals surface area contributed by atoms with E-state index in [2.05, 4.69) is 15.0 Å². The molecule has 6 heteroatoms. The van der Waals surface area contributed by atoms with E-state index >= 15 is 0 Å². The summed E-state index contributed by atoms with van der Waals surface area (Å²) in [4.78, 5) is 13.1. The first kappa shape index (κ1) is 14.0. The molecule has 0 unspecified atom stereocenters. The number of benzene rings is 1. The van der Waals surface area contributed by atoms with Gasteiger partial charge in [-0.25, -0.2) is 4.98 Å². The van der Waals surface area contributed by atoms with Gasteiger partial charge < -0.3 is 4.42 Å². The third-order valence-electron chi connectivity index (χ3n) is 4.06. The van der Waals surface area contributed by atoms with Crippen LogP contribution in [-0.2, 0) is 5.92 Å². The highest BCUT2D eigenvalue weighted by Crippen LogP contribution is 2.46. The zero-order valence-corrected chi connectivity index (χ0v) is 12.5. The smallest absolute Gasteiger partial charge is 0.329 e. The first-order chi connectivity index (χ1) is 10.9. The highest BCUT2D eigenvalue weighted by Gasteiger charge is 2.55. The van der Waals surface area contributed by atoms with Crippen LogP contribution in [0.25, 0.3) is 11.0 Å². The minimum Gasteiger partial charge on any atom is -0.462 e. The molecule has 0 bridgehead atoms. The molecule has 4 rings (SSSR count). The Morgan fingerprint density at radius 1 is 1.04 bits per heavy atom. The van der Waals surface area contributed by atoms with Gasteiger partial charge in [-0.2, -0.15) is 8.78 Å². The topological polar surface area (TPSA) is 51.3 Å². The van der Waals surface area contributed by atoms with E-state index in [-0.39, 0.29) is 11.3 Å². The summed E-state index contributed by atoms with van der Waals surface area (Å²) in [6.07, 6.45) is 2.81. The Kier molecular flexibility index (Phi) is 2.70. The van der Waals surface area contributed by atoms with Gasteiger partial charge in [0.25, 0.3) is 0 Å². The van der Waals surface area contributed by atoms with Gasteiger partial charge >= 0.3 is 5.92 Å². The minimum atomic E-state index is -3.18. The number of fused-ring (bicyclic) bond motifs is 2. The first-order valence-corrected chi connectivity index (χ1v) is 7.18. The Labute approximate surface area is 130 Å². The number of para-hydroxylation sites is 2. The van der Waals surface area contributed by atoms with Gasteiger partial charge in [0, 0.05) is 5.56 Å². The van der Waals surface area contributed by atoms with Crippen molar-refractivity contribution in [3.05, 3.63) is 59.8 Å². The average molecular weight is 313 g/mol. The standard InChI is InChI=1S/C17H13F2N3O/c1-16(2)17(18,19)15-10(7-8-23-15)14(22-16)13-9-20-11-5-3-4-6-12(11)21-13/h3-9H,1-2H3. The molecule has 0 saturated carbocycles. The van der Waals surface area contributed by atoms with Gasteiger partial charge in [0.15, 0.2) is 5.76 Å². The predicted octanol–water partition coefficient (Wildman–Crippen LogP) is 3.94. The van der Waals surface area contributed by atoms with Crippen molar-refractivity contribution in [2.75, 3.05) is 0 Å². The van der Waals surface area contributed by atoms with E-state index in [1.54, 1.807) is 6.20 Å². The molecule has 0 N–H and O–H groups in total. The predicted molar refractivity (Wildman–Crippen MR) is 81.9 cm³/mol. The number of aromatic nitrogens is 2. The fourth-order valence-electron chi connectivity index (χ4n) is 2.69. The molecule has 1 aliphatic rings. The van der Waals surface area contributed by atoms with Crippen LogP contribution < -0.4 is 0 Å². The lowest BCUT2D eigenvalue weighted by molar-refractivity contribution is -0.0857. The summed E-state index contributed by atoms with van der Waals surface area (Å²) in [6.45, 7) is 2.76. The van der Waals surface area contributed by atoms with Crippen molar-refractivity contribution < 1.29 is 13.2 Å². The van der Waals surface area contributed by atoms with Crippen molar-refractivity contribution in [2.24, 2.45) is 4.99 Å². The van der Waals surface area contributed by atoms with Gasteiger partial charge in [0.05, 0.1) is 29.2 Å². The van der Waals surface area contributed by atoms with E-state index in [1.807, 2.05) is 24.3 Å². The van der Waals surface area contributed by atoms with Crippen LogP contribution in [0.15, 0.2) is 52.2 Å². The molecular weight excluding hydrogens is 300 g/mol. The number of furan rings is 1. The molecule has 3 aromatic rings. The third-order valence-corrected chi connectivity index (χ3v) is 4.06. The van der Waals surface area contributed by atoms with Gasteiger partial charge in [-0.3, -0.25) is 9.98 Å². The number of nitrogens with zero attached hydrogens (tertiary/aromatic N) is 3. The summed E-state index contributed by atoms with van der Waals surface area (Å²) < 4.78 is 34.1. The van der Waals surface area contributed by atoms with E-state index < -0.39 is 11.5 Å². The number of rotatable bonds is 1. The molecule has 0 saturated heterocycles. The van der Waals surface area contributed by atoms with E-state index in [0.29, 0.717) is 16.9 Å². The number of hydrogen-bond donors (Lipinski definition) is 0. The molecule has 3 heterocycles. The van der Waals surface area contributed by atoms with Gasteiger partial charge in [0.1, 0.15) is 11.2 Å². The summed E-state index contributed by atoms with van der Waals surface area (Å²) in [6, 6.07) is 8.88. The van der Waals surface area contributed by atoms with Crippen LogP contribution in [0.3, 0.4) is 0 Å². The molecule has 2 aromatic heterocycles. The van der Waals surface area contributed by atoms with Crippen LogP contribution in [0, 0.1) is 0 Å². The lowest BCUT2D eigenvalue weighted by Gasteiger charge is -2.34. The fraction of sp³-hybridized carbons (Fsp3) is 0.235. The highest BCUT2D eigenvalue weighted by molar-refractivity contribution is 6.13. The Balaban J connectivity index is 1.95. The molecule has 116 valence electrons. The zero-order chi connectivity index (χ0) is 16.2. The zero-order valence-electron chi connectivity index (χ0n) is 12.5. The van der Waals surface area contributed by atoms with Crippen LogP contribution >= 0.6 is 0 Å². The minimum absolute atomic E-state index is 0.263. The van der Waals surface area contributed by atoms with Gasteiger partial charge in [0.2, 0.25) is 0 Å². The average Bonchev–Trinajstić information content (AvgIpc) is 3.01. The molecular formula is C17H13F2N3O. The number of hydrogen-bond acceptors (Lipinski definition) is 4. The van der Waals surface area contributed by atoms with Crippen LogP contribution in [-0.4, -0.2) is 21.2 Å². The van der Waals surface area contributed by atoms with Crippen molar-refractivity contribution in [3.8, 4) is 0 Å². The summed E-state index contributed by atoms with van der Waals surface area (Å²) in [5.74, 6) is -3.55. The van der Waals surface area contributed by atoms with Crippen LogP contribution in [0.2, 0.25) is 0 Å². The van der Waals surface area contributed by atoms with Crippen molar-refractivity contribution >= 4 is 16.7 Å². The van der Waals surface area contributed by atoms with Gasteiger partial charge in [-0.15, -0.1) is 0 Å². The quantitative estimate of drug-likeness (QED) is 0.683. The normalized spacial score (nSPS) is 18.5. The fourth-order valence-corrected chi connectivity index (χ4v) is 2.69.